The molecule has 0 spiro atoms. The van der Waals surface area contributed by atoms with Crippen LogP contribution in [-0.4, -0.2) is 17.5 Å². The van der Waals surface area contributed by atoms with Crippen LogP contribution in [0.1, 0.15) is 22.3 Å². The number of hydrogen-bond donors (Lipinski definition) is 1. The highest BCUT2D eigenvalue weighted by Crippen LogP contribution is 2.28. The largest absolute Gasteiger partial charge is 0.494 e. The van der Waals surface area contributed by atoms with Crippen molar-refractivity contribution >= 4 is 22.9 Å². The Balaban J connectivity index is 1.77. The van der Waals surface area contributed by atoms with E-state index in [-0.39, 0.29) is 11.7 Å². The summed E-state index contributed by atoms with van der Waals surface area (Å²) in [5.41, 5.74) is 2.12. The maximum Gasteiger partial charge on any atom is 0.267 e. The number of carbonyl (C=O) groups excluding carboxylic acids is 1. The Kier molecular flexibility index (Phi) is 5.09. The van der Waals surface area contributed by atoms with Gasteiger partial charge in [-0.05, 0) is 62.4 Å². The molecule has 3 rings (SSSR count). The summed E-state index contributed by atoms with van der Waals surface area (Å²) in [5, 5.41) is 3.55. The maximum absolute atomic E-state index is 13.0. The number of benzene rings is 2. The van der Waals surface area contributed by atoms with Gasteiger partial charge in [0.2, 0.25) is 0 Å². The van der Waals surface area contributed by atoms with Crippen LogP contribution in [0, 0.1) is 12.7 Å². The van der Waals surface area contributed by atoms with Crippen LogP contribution in [0.15, 0.2) is 48.5 Å². The van der Waals surface area contributed by atoms with Crippen LogP contribution in [0.3, 0.4) is 0 Å². The number of nitrogens with one attached hydrogen (secondary N) is 1. The summed E-state index contributed by atoms with van der Waals surface area (Å²) >= 11 is 1.29. The number of aromatic nitrogens is 1. The molecule has 128 valence electrons. The van der Waals surface area contributed by atoms with E-state index < -0.39 is 0 Å². The molecule has 0 unspecified atom stereocenters. The fourth-order valence-corrected chi connectivity index (χ4v) is 3.28. The molecule has 0 saturated heterocycles. The van der Waals surface area contributed by atoms with Crippen molar-refractivity contribution in [1.82, 2.24) is 4.98 Å². The first-order valence-electron chi connectivity index (χ1n) is 7.84. The smallest absolute Gasteiger partial charge is 0.267 e. The first-order valence-corrected chi connectivity index (χ1v) is 8.66. The molecular formula is C19H17FN2O2S. The SMILES string of the molecule is CCOc1ccc(NC(=O)c2sc(-c3ccc(F)cc3)nc2C)cc1. The van der Waals surface area contributed by atoms with E-state index in [1.54, 1.807) is 31.2 Å². The molecule has 0 aliphatic rings. The number of thiazole rings is 1. The van der Waals surface area contributed by atoms with Crippen molar-refractivity contribution in [3.05, 3.63) is 64.9 Å². The molecule has 1 aromatic heterocycles. The molecule has 0 atom stereocenters. The van der Waals surface area contributed by atoms with Gasteiger partial charge in [0.25, 0.3) is 5.91 Å². The summed E-state index contributed by atoms with van der Waals surface area (Å²) in [6.07, 6.45) is 0. The predicted molar refractivity (Wildman–Crippen MR) is 97.8 cm³/mol. The number of carbonyl (C=O) groups is 1. The summed E-state index contributed by atoms with van der Waals surface area (Å²) in [7, 11) is 0. The van der Waals surface area contributed by atoms with Gasteiger partial charge in [-0.1, -0.05) is 0 Å². The Morgan fingerprint density at radius 2 is 1.84 bits per heavy atom. The molecule has 0 aliphatic carbocycles. The van der Waals surface area contributed by atoms with Gasteiger partial charge in [-0.15, -0.1) is 11.3 Å². The minimum Gasteiger partial charge on any atom is -0.494 e. The standard InChI is InChI=1S/C19H17FN2O2S/c1-3-24-16-10-8-15(9-11-16)22-18(23)17-12(2)21-19(25-17)13-4-6-14(20)7-5-13/h4-11H,3H2,1-2H3,(H,22,23). The van der Waals surface area contributed by atoms with Crippen molar-refractivity contribution in [3.8, 4) is 16.3 Å². The third-order valence-electron chi connectivity index (χ3n) is 3.52. The average molecular weight is 356 g/mol. The number of halogens is 1. The third kappa shape index (κ3) is 4.03. The van der Waals surface area contributed by atoms with E-state index in [2.05, 4.69) is 10.3 Å². The molecule has 0 fully saturated rings. The summed E-state index contributed by atoms with van der Waals surface area (Å²) in [6, 6.07) is 13.3. The Hall–Kier alpha value is -2.73. The summed E-state index contributed by atoms with van der Waals surface area (Å²) < 4.78 is 18.4. The quantitative estimate of drug-likeness (QED) is 0.707. The Morgan fingerprint density at radius 3 is 2.48 bits per heavy atom. The van der Waals surface area contributed by atoms with Crippen molar-refractivity contribution in [2.75, 3.05) is 11.9 Å². The lowest BCUT2D eigenvalue weighted by atomic mass is 10.2. The molecule has 25 heavy (non-hydrogen) atoms. The molecule has 0 aliphatic heterocycles. The molecule has 1 heterocycles. The van der Waals surface area contributed by atoms with Crippen LogP contribution in [0.2, 0.25) is 0 Å². The van der Waals surface area contributed by atoms with Gasteiger partial charge in [0.05, 0.1) is 12.3 Å². The van der Waals surface area contributed by atoms with Crippen LogP contribution >= 0.6 is 11.3 Å². The maximum atomic E-state index is 13.0. The van der Waals surface area contributed by atoms with Crippen molar-refractivity contribution < 1.29 is 13.9 Å². The lowest BCUT2D eigenvalue weighted by Crippen LogP contribution is -2.11. The highest BCUT2D eigenvalue weighted by molar-refractivity contribution is 7.17. The second-order valence-corrected chi connectivity index (χ2v) is 6.35. The number of rotatable bonds is 5. The van der Waals surface area contributed by atoms with Gasteiger partial charge in [-0.2, -0.15) is 0 Å². The number of aryl methyl sites for hydroxylation is 1. The van der Waals surface area contributed by atoms with E-state index in [1.165, 1.54) is 23.5 Å². The van der Waals surface area contributed by atoms with E-state index in [1.807, 2.05) is 19.1 Å². The van der Waals surface area contributed by atoms with Crippen molar-refractivity contribution in [1.29, 1.82) is 0 Å². The van der Waals surface area contributed by atoms with Gasteiger partial charge in [-0.3, -0.25) is 4.79 Å². The minimum atomic E-state index is -0.300. The van der Waals surface area contributed by atoms with Gasteiger partial charge < -0.3 is 10.1 Å². The van der Waals surface area contributed by atoms with Gasteiger partial charge >= 0.3 is 0 Å². The lowest BCUT2D eigenvalue weighted by Gasteiger charge is -2.06. The number of hydrogen-bond acceptors (Lipinski definition) is 4. The fraction of sp³-hybridized carbons (Fsp3) is 0.158. The van der Waals surface area contributed by atoms with Crippen molar-refractivity contribution in [2.24, 2.45) is 0 Å². The molecule has 4 nitrogen and oxygen atoms in total. The molecule has 0 saturated carbocycles. The zero-order chi connectivity index (χ0) is 17.8. The topological polar surface area (TPSA) is 51.2 Å². The lowest BCUT2D eigenvalue weighted by molar-refractivity contribution is 0.103. The van der Waals surface area contributed by atoms with Gasteiger partial charge in [0.1, 0.15) is 21.5 Å². The summed E-state index contributed by atoms with van der Waals surface area (Å²) in [6.45, 7) is 4.30. The van der Waals surface area contributed by atoms with Crippen LogP contribution in [0.4, 0.5) is 10.1 Å². The molecule has 0 bridgehead atoms. The molecule has 1 N–H and O–H groups in total. The Labute approximate surface area is 149 Å². The Bertz CT molecular complexity index is 873. The van der Waals surface area contributed by atoms with Crippen LogP contribution < -0.4 is 10.1 Å². The number of nitrogens with zero attached hydrogens (tertiary/aromatic N) is 1. The molecule has 1 amide bonds. The van der Waals surface area contributed by atoms with E-state index >= 15 is 0 Å². The molecule has 2 aromatic carbocycles. The van der Waals surface area contributed by atoms with Crippen molar-refractivity contribution in [3.63, 3.8) is 0 Å². The number of ether oxygens (including phenoxy) is 1. The van der Waals surface area contributed by atoms with Gasteiger partial charge in [0, 0.05) is 11.3 Å². The van der Waals surface area contributed by atoms with Gasteiger partial charge in [0.15, 0.2) is 0 Å². The fourth-order valence-electron chi connectivity index (χ4n) is 2.31. The van der Waals surface area contributed by atoms with E-state index in [4.69, 9.17) is 4.74 Å². The minimum absolute atomic E-state index is 0.215. The van der Waals surface area contributed by atoms with Crippen LogP contribution in [0.5, 0.6) is 5.75 Å². The highest BCUT2D eigenvalue weighted by atomic mass is 32.1. The highest BCUT2D eigenvalue weighted by Gasteiger charge is 2.16. The van der Waals surface area contributed by atoms with Crippen LogP contribution in [-0.2, 0) is 0 Å². The molecule has 0 radical (unpaired) electrons. The van der Waals surface area contributed by atoms with Crippen molar-refractivity contribution in [2.45, 2.75) is 13.8 Å². The van der Waals surface area contributed by atoms with Crippen LogP contribution in [0.25, 0.3) is 10.6 Å². The van der Waals surface area contributed by atoms with E-state index in [9.17, 15) is 9.18 Å². The first-order chi connectivity index (χ1) is 12.1. The second kappa shape index (κ2) is 7.44. The molecule has 3 aromatic rings. The van der Waals surface area contributed by atoms with E-state index in [0.29, 0.717) is 27.9 Å². The number of anilines is 1. The summed E-state index contributed by atoms with van der Waals surface area (Å²) in [4.78, 5) is 17.5. The van der Waals surface area contributed by atoms with E-state index in [0.717, 1.165) is 11.3 Å². The second-order valence-electron chi connectivity index (χ2n) is 5.35. The summed E-state index contributed by atoms with van der Waals surface area (Å²) in [5.74, 6) is 0.242. The molecular weight excluding hydrogens is 339 g/mol. The predicted octanol–water partition coefficient (Wildman–Crippen LogP) is 4.91. The third-order valence-corrected chi connectivity index (χ3v) is 4.72. The Morgan fingerprint density at radius 1 is 1.16 bits per heavy atom. The average Bonchev–Trinajstić information content (AvgIpc) is 2.99. The number of amides is 1. The zero-order valence-electron chi connectivity index (χ0n) is 13.9. The molecule has 6 heteroatoms. The normalized spacial score (nSPS) is 10.5. The monoisotopic (exact) mass is 356 g/mol. The first kappa shape index (κ1) is 17.1. The zero-order valence-corrected chi connectivity index (χ0v) is 14.7. The van der Waals surface area contributed by atoms with Gasteiger partial charge in [-0.25, -0.2) is 9.37 Å².